The Morgan fingerprint density at radius 2 is 1.76 bits per heavy atom. The van der Waals surface area contributed by atoms with Gasteiger partial charge in [-0.05, 0) is 62.6 Å². The Bertz CT molecular complexity index is 2470. The van der Waals surface area contributed by atoms with E-state index in [0.29, 0.717) is 53.5 Å². The molecule has 3 N–H and O–H groups in total. The molecule has 1 atom stereocenters. The minimum absolute atomic E-state index is 0.141. The molecule has 5 aromatic rings. The molecule has 2 saturated heterocycles. The third-order valence-corrected chi connectivity index (χ3v) is 13.8. The SMILES string of the molecule is CCc1cnn2c(NCc3ccc(OCCCOC4CCN(c5ncc(C(=O)NC6C(C)(C)C(Oc7ccc(C#N)c(Cl)c7)C6(C)C)cn5)CC4)nc3)cc(N3CCCC[C@H]3CCO)nc12. The van der Waals surface area contributed by atoms with Gasteiger partial charge in [-0.3, -0.25) is 4.79 Å². The average molecular weight is 921 g/mol. The second-order valence-corrected chi connectivity index (χ2v) is 19.2. The number of nitrogens with zero attached hydrogens (tertiary/aromatic N) is 9. The lowest BCUT2D eigenvalue weighted by Crippen LogP contribution is -2.74. The van der Waals surface area contributed by atoms with Crippen molar-refractivity contribution in [2.75, 3.05) is 54.6 Å². The normalized spacial score (nSPS) is 20.4. The standard InChI is InChI=1S/C49H62ClN11O5/c1-6-33-31-56-61-40(25-41(57-43(33)61)60-18-8-7-10-36(60)17-21-62)52-27-32-11-14-42(53-28-32)65-23-9-22-64-37-15-19-59(20-16-37)47-54-29-35(30-55-47)44(63)58-45-48(2,3)46(49(45,4)5)66-38-13-12-34(26-51)39(50)24-38/h11-14,24-25,28-31,36-37,45-46,52,62H,6-10,15-23,27H2,1-5H3,(H,58,63)/t36-,45?,46?/m0/s1. The molecule has 8 rings (SSSR count). The smallest absolute Gasteiger partial charge is 0.254 e. The van der Waals surface area contributed by atoms with Crippen molar-refractivity contribution >= 4 is 40.7 Å². The molecule has 350 valence electrons. The number of rotatable bonds is 18. The van der Waals surface area contributed by atoms with Crippen LogP contribution in [0.2, 0.25) is 5.02 Å². The molecule has 3 fully saturated rings. The monoisotopic (exact) mass is 919 g/mol. The zero-order valence-corrected chi connectivity index (χ0v) is 39.4. The molecule has 1 saturated carbocycles. The second kappa shape index (κ2) is 20.4. The van der Waals surface area contributed by atoms with E-state index in [2.05, 4.69) is 87.2 Å². The summed E-state index contributed by atoms with van der Waals surface area (Å²) < 4.78 is 20.4. The van der Waals surface area contributed by atoms with Crippen molar-refractivity contribution < 1.29 is 24.1 Å². The summed E-state index contributed by atoms with van der Waals surface area (Å²) in [6.07, 6.45) is 14.2. The van der Waals surface area contributed by atoms with Gasteiger partial charge in [0.25, 0.3) is 5.91 Å². The van der Waals surface area contributed by atoms with E-state index in [1.807, 2.05) is 29.0 Å². The number of carbonyl (C=O) groups excluding carboxylic acids is 1. The van der Waals surface area contributed by atoms with Crippen molar-refractivity contribution in [1.29, 1.82) is 5.26 Å². The number of aliphatic hydroxyl groups is 1. The van der Waals surface area contributed by atoms with Crippen LogP contribution < -0.4 is 29.9 Å². The maximum absolute atomic E-state index is 13.4. The predicted molar refractivity (Wildman–Crippen MR) is 253 cm³/mol. The van der Waals surface area contributed by atoms with Gasteiger partial charge in [-0.2, -0.15) is 14.9 Å². The minimum atomic E-state index is -0.384. The maximum Gasteiger partial charge on any atom is 0.254 e. The molecule has 3 aliphatic rings. The van der Waals surface area contributed by atoms with Gasteiger partial charge in [0.2, 0.25) is 11.8 Å². The highest BCUT2D eigenvalue weighted by Gasteiger charge is 2.64. The Balaban J connectivity index is 0.743. The molecule has 2 aliphatic heterocycles. The summed E-state index contributed by atoms with van der Waals surface area (Å²) in [6, 6.07) is 13.2. The number of hydrogen-bond acceptors (Lipinski definition) is 14. The maximum atomic E-state index is 13.4. The van der Waals surface area contributed by atoms with Crippen LogP contribution in [-0.2, 0) is 17.7 Å². The van der Waals surface area contributed by atoms with Crippen LogP contribution in [0.4, 0.5) is 17.6 Å². The van der Waals surface area contributed by atoms with E-state index >= 15 is 0 Å². The summed E-state index contributed by atoms with van der Waals surface area (Å²) in [4.78, 5) is 36.6. The predicted octanol–water partition coefficient (Wildman–Crippen LogP) is 7.42. The van der Waals surface area contributed by atoms with Crippen molar-refractivity contribution in [2.45, 2.75) is 117 Å². The molecular formula is C49H62ClN11O5. The fraction of sp³-hybridized carbons (Fsp3) is 0.531. The van der Waals surface area contributed by atoms with Crippen LogP contribution >= 0.6 is 11.6 Å². The molecule has 0 unspecified atom stereocenters. The fourth-order valence-electron chi connectivity index (χ4n) is 10.2. The van der Waals surface area contributed by atoms with Gasteiger partial charge in [-0.15, -0.1) is 0 Å². The number of fused-ring (bicyclic) bond motifs is 1. The van der Waals surface area contributed by atoms with Gasteiger partial charge >= 0.3 is 0 Å². The quantitative estimate of drug-likeness (QED) is 0.0737. The number of aliphatic hydroxyl groups excluding tert-OH is 1. The summed E-state index contributed by atoms with van der Waals surface area (Å²) >= 11 is 6.25. The van der Waals surface area contributed by atoms with Crippen LogP contribution in [0.1, 0.15) is 107 Å². The Morgan fingerprint density at radius 1 is 0.970 bits per heavy atom. The van der Waals surface area contributed by atoms with Gasteiger partial charge in [0, 0.05) is 104 Å². The van der Waals surface area contributed by atoms with Crippen molar-refractivity contribution in [1.82, 2.24) is 34.9 Å². The van der Waals surface area contributed by atoms with Gasteiger partial charge in [-0.1, -0.05) is 52.3 Å². The first-order valence-corrected chi connectivity index (χ1v) is 23.7. The molecule has 17 heteroatoms. The van der Waals surface area contributed by atoms with Crippen LogP contribution in [0, 0.1) is 22.2 Å². The number of ether oxygens (including phenoxy) is 3. The molecule has 6 heterocycles. The van der Waals surface area contributed by atoms with Gasteiger partial charge in [0.15, 0.2) is 5.65 Å². The number of hydrogen-bond donors (Lipinski definition) is 3. The van der Waals surface area contributed by atoms with Gasteiger partial charge in [0.05, 0.1) is 41.7 Å². The van der Waals surface area contributed by atoms with E-state index in [4.69, 9.17) is 30.8 Å². The lowest BCUT2D eigenvalue weighted by Gasteiger charge is -2.63. The lowest BCUT2D eigenvalue weighted by atomic mass is 9.49. The highest BCUT2D eigenvalue weighted by molar-refractivity contribution is 6.31. The van der Waals surface area contributed by atoms with Gasteiger partial charge < -0.3 is 39.8 Å². The number of piperidine rings is 2. The van der Waals surface area contributed by atoms with Crippen molar-refractivity contribution in [3.8, 4) is 17.7 Å². The van der Waals surface area contributed by atoms with Crippen LogP contribution in [-0.4, -0.2) is 104 Å². The number of nitrogens with one attached hydrogen (secondary N) is 2. The zero-order chi connectivity index (χ0) is 46.4. The fourth-order valence-corrected chi connectivity index (χ4v) is 10.4. The molecule has 1 amide bonds. The molecule has 1 aromatic carbocycles. The molecule has 16 nitrogen and oxygen atoms in total. The highest BCUT2D eigenvalue weighted by atomic mass is 35.5. The third-order valence-electron chi connectivity index (χ3n) is 13.5. The van der Waals surface area contributed by atoms with Gasteiger partial charge in [-0.25, -0.2) is 19.9 Å². The van der Waals surface area contributed by atoms with Gasteiger partial charge in [0.1, 0.15) is 29.6 Å². The molecule has 1 aliphatic carbocycles. The molecular weight excluding hydrogens is 858 g/mol. The summed E-state index contributed by atoms with van der Waals surface area (Å²) in [7, 11) is 0. The van der Waals surface area contributed by atoms with Crippen LogP contribution in [0.5, 0.6) is 11.6 Å². The Hall–Kier alpha value is -5.76. The van der Waals surface area contributed by atoms with Crippen LogP contribution in [0.15, 0.2) is 61.2 Å². The van der Waals surface area contributed by atoms with Crippen molar-refractivity contribution in [2.24, 2.45) is 10.8 Å². The van der Waals surface area contributed by atoms with E-state index in [9.17, 15) is 15.2 Å². The number of anilines is 3. The number of amides is 1. The van der Waals surface area contributed by atoms with E-state index in [0.717, 1.165) is 93.0 Å². The molecule has 0 bridgehead atoms. The van der Waals surface area contributed by atoms with E-state index < -0.39 is 0 Å². The lowest BCUT2D eigenvalue weighted by molar-refractivity contribution is -0.164. The zero-order valence-electron chi connectivity index (χ0n) is 38.7. The first-order valence-electron chi connectivity index (χ1n) is 23.3. The Labute approximate surface area is 392 Å². The minimum Gasteiger partial charge on any atom is -0.489 e. The third kappa shape index (κ3) is 10.1. The number of aryl methyl sites for hydroxylation is 1. The van der Waals surface area contributed by atoms with Crippen molar-refractivity contribution in [3.63, 3.8) is 0 Å². The number of benzene rings is 1. The Kier molecular flexibility index (Phi) is 14.5. The molecule has 0 radical (unpaired) electrons. The summed E-state index contributed by atoms with van der Waals surface area (Å²) in [6.45, 7) is 14.7. The van der Waals surface area contributed by atoms with Crippen LogP contribution in [0.3, 0.4) is 0 Å². The number of nitriles is 1. The Morgan fingerprint density at radius 3 is 2.45 bits per heavy atom. The molecule has 4 aromatic heterocycles. The second-order valence-electron chi connectivity index (χ2n) is 18.8. The summed E-state index contributed by atoms with van der Waals surface area (Å²) in [5.41, 5.74) is 3.00. The first-order chi connectivity index (χ1) is 31.9. The molecule has 66 heavy (non-hydrogen) atoms. The first kappa shape index (κ1) is 46.8. The topological polar surface area (TPSA) is 188 Å². The molecule has 0 spiro atoms. The number of aromatic nitrogens is 6. The number of pyridine rings is 1. The van der Waals surface area contributed by atoms with Crippen molar-refractivity contribution in [3.05, 3.63) is 88.5 Å². The highest BCUT2D eigenvalue weighted by Crippen LogP contribution is 2.55. The summed E-state index contributed by atoms with van der Waals surface area (Å²) in [5.74, 6) is 3.31. The van der Waals surface area contributed by atoms with E-state index in [-0.39, 0.29) is 47.6 Å². The van der Waals surface area contributed by atoms with E-state index in [1.165, 1.54) is 6.42 Å². The van der Waals surface area contributed by atoms with Crippen LogP contribution in [0.25, 0.3) is 5.65 Å². The number of carbonyl (C=O) groups is 1. The van der Waals surface area contributed by atoms with E-state index in [1.54, 1.807) is 30.6 Å². The summed E-state index contributed by atoms with van der Waals surface area (Å²) in [5, 5.41) is 30.7. The number of halogens is 1. The largest absolute Gasteiger partial charge is 0.489 e. The average Bonchev–Trinajstić information content (AvgIpc) is 3.76.